The normalized spacial score (nSPS) is 19.4. The van der Waals surface area contributed by atoms with Gasteiger partial charge in [-0.3, -0.25) is 0 Å². The van der Waals surface area contributed by atoms with Gasteiger partial charge >= 0.3 is 0 Å². The monoisotopic (exact) mass is 295 g/mol. The molecule has 0 aliphatic carbocycles. The predicted octanol–water partition coefficient (Wildman–Crippen LogP) is 1.04. The van der Waals surface area contributed by atoms with Gasteiger partial charge in [-0.2, -0.15) is 0 Å². The van der Waals surface area contributed by atoms with Crippen LogP contribution in [-0.4, -0.2) is 40.9 Å². The van der Waals surface area contributed by atoms with E-state index in [1.807, 2.05) is 13.0 Å². The van der Waals surface area contributed by atoms with Crippen LogP contribution in [0.15, 0.2) is 6.07 Å². The topological polar surface area (TPSA) is 96.5 Å². The average Bonchev–Trinajstić information content (AvgIpc) is 2.77. The third-order valence-corrected chi connectivity index (χ3v) is 3.72. The molecule has 0 bridgehead atoms. The number of hydrogen-bond acceptors (Lipinski definition) is 7. The quantitative estimate of drug-likeness (QED) is 0.533. The Labute approximate surface area is 125 Å². The van der Waals surface area contributed by atoms with E-state index < -0.39 is 0 Å². The van der Waals surface area contributed by atoms with Gasteiger partial charge in [0, 0.05) is 19.2 Å². The van der Waals surface area contributed by atoms with Gasteiger partial charge in [-0.15, -0.1) is 0 Å². The van der Waals surface area contributed by atoms with Crippen molar-refractivity contribution in [2.75, 3.05) is 30.1 Å². The number of ether oxygens (including phenoxy) is 1. The Kier molecular flexibility index (Phi) is 6.16. The first kappa shape index (κ1) is 15.9. The molecular weight excluding hydrogens is 270 g/mol. The number of nitrogens with zero attached hydrogens (tertiary/aromatic N) is 3. The number of nitrogens with one attached hydrogen (secondary N) is 1. The van der Waals surface area contributed by atoms with E-state index in [1.165, 1.54) is 6.42 Å². The zero-order valence-corrected chi connectivity index (χ0v) is 12.6. The lowest BCUT2D eigenvalue weighted by Crippen LogP contribution is -2.38. The first-order chi connectivity index (χ1) is 10.3. The minimum absolute atomic E-state index is 0.105. The molecule has 0 spiro atoms. The van der Waals surface area contributed by atoms with Crippen molar-refractivity contribution in [1.82, 2.24) is 9.97 Å². The van der Waals surface area contributed by atoms with E-state index >= 15 is 0 Å². The molecule has 7 heteroatoms. The summed E-state index contributed by atoms with van der Waals surface area (Å²) < 4.78 is 5.38. The number of aromatic nitrogens is 2. The summed E-state index contributed by atoms with van der Waals surface area (Å²) in [5.41, 5.74) is 2.58. The number of anilines is 2. The van der Waals surface area contributed by atoms with Gasteiger partial charge in [-0.05, 0) is 19.8 Å². The van der Waals surface area contributed by atoms with Crippen molar-refractivity contribution in [2.45, 2.75) is 45.3 Å². The molecular formula is C14H25N5O2. The Balaban J connectivity index is 2.26. The van der Waals surface area contributed by atoms with Gasteiger partial charge in [0.15, 0.2) is 5.82 Å². The van der Waals surface area contributed by atoms with Crippen LogP contribution in [-0.2, 0) is 11.3 Å². The van der Waals surface area contributed by atoms with Crippen molar-refractivity contribution in [3.63, 3.8) is 0 Å². The Hall–Kier alpha value is -1.44. The summed E-state index contributed by atoms with van der Waals surface area (Å²) in [4.78, 5) is 11.0. The van der Waals surface area contributed by atoms with Crippen LogP contribution < -0.4 is 16.2 Å². The first-order valence-electron chi connectivity index (χ1n) is 7.58. The van der Waals surface area contributed by atoms with Gasteiger partial charge < -0.3 is 20.2 Å². The summed E-state index contributed by atoms with van der Waals surface area (Å²) in [5, 5.41) is 9.63. The van der Waals surface area contributed by atoms with Gasteiger partial charge in [0.05, 0.1) is 12.6 Å². The van der Waals surface area contributed by atoms with Gasteiger partial charge in [-0.25, -0.2) is 15.8 Å². The maximum absolute atomic E-state index is 9.63. The molecule has 2 rings (SSSR count). The molecule has 1 saturated heterocycles. The van der Waals surface area contributed by atoms with Crippen molar-refractivity contribution in [3.8, 4) is 0 Å². The third kappa shape index (κ3) is 4.26. The van der Waals surface area contributed by atoms with Crippen LogP contribution in [0.3, 0.4) is 0 Å². The van der Waals surface area contributed by atoms with Crippen LogP contribution in [0.4, 0.5) is 11.6 Å². The fraction of sp³-hybridized carbons (Fsp3) is 0.714. The molecule has 1 aromatic heterocycles. The van der Waals surface area contributed by atoms with E-state index in [1.54, 1.807) is 0 Å². The lowest BCUT2D eigenvalue weighted by molar-refractivity contribution is 0.128. The molecule has 4 N–H and O–H groups in total. The molecule has 1 fully saturated rings. The Morgan fingerprint density at radius 3 is 3.00 bits per heavy atom. The number of nitrogens with two attached hydrogens (primary N) is 1. The van der Waals surface area contributed by atoms with E-state index in [4.69, 9.17) is 10.6 Å². The Morgan fingerprint density at radius 2 is 2.29 bits per heavy atom. The van der Waals surface area contributed by atoms with Crippen LogP contribution in [0.2, 0.25) is 0 Å². The second-order valence-corrected chi connectivity index (χ2v) is 5.19. The minimum atomic E-state index is 0.105. The predicted molar refractivity (Wildman–Crippen MR) is 81.9 cm³/mol. The second-order valence-electron chi connectivity index (χ2n) is 5.19. The average molecular weight is 295 g/mol. The van der Waals surface area contributed by atoms with E-state index in [2.05, 4.69) is 20.3 Å². The van der Waals surface area contributed by atoms with Crippen LogP contribution in [0.5, 0.6) is 0 Å². The summed E-state index contributed by atoms with van der Waals surface area (Å²) in [7, 11) is 0. The summed E-state index contributed by atoms with van der Waals surface area (Å²) in [6, 6.07) is 1.93. The number of nitrogen functional groups attached to an aromatic ring is 1. The van der Waals surface area contributed by atoms with Crippen molar-refractivity contribution >= 4 is 11.6 Å². The van der Waals surface area contributed by atoms with Gasteiger partial charge in [0.2, 0.25) is 0 Å². The molecule has 0 saturated carbocycles. The molecule has 0 amide bonds. The van der Waals surface area contributed by atoms with E-state index in [-0.39, 0.29) is 12.6 Å². The molecule has 0 aromatic carbocycles. The van der Waals surface area contributed by atoms with Crippen LogP contribution in [0.25, 0.3) is 0 Å². The maximum atomic E-state index is 9.63. The summed E-state index contributed by atoms with van der Waals surface area (Å²) in [6.45, 7) is 3.93. The van der Waals surface area contributed by atoms with Gasteiger partial charge in [-0.1, -0.05) is 12.8 Å². The van der Waals surface area contributed by atoms with Crippen molar-refractivity contribution < 1.29 is 9.84 Å². The summed E-state index contributed by atoms with van der Waals surface area (Å²) in [6.07, 6.45) is 4.41. The molecule has 1 aliphatic rings. The number of aliphatic hydroxyl groups excluding tert-OH is 1. The van der Waals surface area contributed by atoms with Crippen molar-refractivity contribution in [1.29, 1.82) is 0 Å². The van der Waals surface area contributed by atoms with Crippen molar-refractivity contribution in [3.05, 3.63) is 11.9 Å². The zero-order chi connectivity index (χ0) is 15.1. The molecule has 1 aliphatic heterocycles. The summed E-state index contributed by atoms with van der Waals surface area (Å²) in [5.74, 6) is 7.46. The highest BCUT2D eigenvalue weighted by atomic mass is 16.5. The van der Waals surface area contributed by atoms with Crippen LogP contribution in [0.1, 0.15) is 38.4 Å². The fourth-order valence-electron chi connectivity index (χ4n) is 2.63. The lowest BCUT2D eigenvalue weighted by Gasteiger charge is -2.30. The molecule has 2 heterocycles. The summed E-state index contributed by atoms with van der Waals surface area (Å²) >= 11 is 0. The van der Waals surface area contributed by atoms with Crippen LogP contribution in [0, 0.1) is 0 Å². The molecule has 118 valence electrons. The van der Waals surface area contributed by atoms with E-state index in [9.17, 15) is 5.11 Å². The smallest absolute Gasteiger partial charge is 0.158 e. The Morgan fingerprint density at radius 1 is 1.43 bits per heavy atom. The molecule has 7 nitrogen and oxygen atoms in total. The van der Waals surface area contributed by atoms with Crippen molar-refractivity contribution in [2.24, 2.45) is 5.84 Å². The first-order valence-corrected chi connectivity index (χ1v) is 7.58. The molecule has 1 aromatic rings. The lowest BCUT2D eigenvalue weighted by atomic mass is 10.1. The molecule has 21 heavy (non-hydrogen) atoms. The van der Waals surface area contributed by atoms with Crippen LogP contribution >= 0.6 is 0 Å². The number of aliphatic hydroxyl groups is 1. The fourth-order valence-corrected chi connectivity index (χ4v) is 2.63. The highest BCUT2D eigenvalue weighted by molar-refractivity contribution is 5.49. The second kappa shape index (κ2) is 8.11. The SMILES string of the molecule is CCOCc1nc(NN)cc(N2CCCCCC2CO)n1. The third-order valence-electron chi connectivity index (χ3n) is 3.72. The van der Waals surface area contributed by atoms with E-state index in [0.29, 0.717) is 24.9 Å². The number of hydrazine groups is 1. The highest BCUT2D eigenvalue weighted by Gasteiger charge is 2.22. The molecule has 0 radical (unpaired) electrons. The van der Waals surface area contributed by atoms with E-state index in [0.717, 1.165) is 31.6 Å². The molecule has 1 atom stereocenters. The Bertz CT molecular complexity index is 443. The number of rotatable bonds is 6. The largest absolute Gasteiger partial charge is 0.394 e. The highest BCUT2D eigenvalue weighted by Crippen LogP contribution is 2.24. The standard InChI is InChI=1S/C14H25N5O2/c1-2-21-10-13-16-12(18-15)8-14(17-13)19-7-5-3-4-6-11(19)9-20/h8,11,20H,2-7,9-10,15H2,1H3,(H,16,17,18). The van der Waals surface area contributed by atoms with Gasteiger partial charge in [0.1, 0.15) is 18.2 Å². The van der Waals surface area contributed by atoms with Gasteiger partial charge in [0.25, 0.3) is 0 Å². The maximum Gasteiger partial charge on any atom is 0.158 e. The number of hydrogen-bond donors (Lipinski definition) is 3. The minimum Gasteiger partial charge on any atom is -0.394 e. The zero-order valence-electron chi connectivity index (χ0n) is 12.6. The molecule has 1 unspecified atom stereocenters.